The van der Waals surface area contributed by atoms with Crippen LogP contribution in [0.3, 0.4) is 0 Å². The zero-order valence-electron chi connectivity index (χ0n) is 11.1. The highest BCUT2D eigenvalue weighted by molar-refractivity contribution is 4.31. The number of hydrogen-bond donors (Lipinski definition) is 2. The third kappa shape index (κ3) is 23.6. The standard InChI is InChI=1S/2C6H14O2/c2*1-3-4-5-8-6(2)7/h2*6-7H,3-5H2,1-2H3. The Morgan fingerprint density at radius 2 is 1.12 bits per heavy atom. The molecule has 0 saturated heterocycles. The molecule has 100 valence electrons. The first-order chi connectivity index (χ1) is 7.54. The maximum absolute atomic E-state index is 8.56. The fourth-order valence-corrected chi connectivity index (χ4v) is 0.796. The maximum atomic E-state index is 8.56. The van der Waals surface area contributed by atoms with Gasteiger partial charge in [0.15, 0.2) is 12.6 Å². The molecule has 0 fully saturated rings. The molecule has 4 nitrogen and oxygen atoms in total. The molecule has 0 aliphatic rings. The van der Waals surface area contributed by atoms with Crippen molar-refractivity contribution in [3.63, 3.8) is 0 Å². The van der Waals surface area contributed by atoms with Crippen molar-refractivity contribution in [1.82, 2.24) is 0 Å². The molecule has 0 radical (unpaired) electrons. The average molecular weight is 236 g/mol. The fourth-order valence-electron chi connectivity index (χ4n) is 0.796. The van der Waals surface area contributed by atoms with Gasteiger partial charge in [0.2, 0.25) is 0 Å². The Morgan fingerprint density at radius 1 is 0.812 bits per heavy atom. The van der Waals surface area contributed by atoms with E-state index in [-0.39, 0.29) is 0 Å². The second-order valence-electron chi connectivity index (χ2n) is 3.65. The first-order valence-electron chi connectivity index (χ1n) is 6.13. The topological polar surface area (TPSA) is 58.9 Å². The molecule has 4 heteroatoms. The largest absolute Gasteiger partial charge is 0.368 e. The first kappa shape index (κ1) is 18.2. The molecular formula is C12H28O4. The number of unbranched alkanes of at least 4 members (excludes halogenated alkanes) is 2. The second-order valence-corrected chi connectivity index (χ2v) is 3.65. The molecule has 0 amide bonds. The molecule has 2 atom stereocenters. The third-order valence-electron chi connectivity index (χ3n) is 1.71. The molecule has 0 rings (SSSR count). The molecule has 0 heterocycles. The molecule has 0 aromatic heterocycles. The van der Waals surface area contributed by atoms with Gasteiger partial charge < -0.3 is 19.7 Å². The summed E-state index contributed by atoms with van der Waals surface area (Å²) in [6.07, 6.45) is 3.11. The van der Waals surface area contributed by atoms with Crippen molar-refractivity contribution in [3.8, 4) is 0 Å². The van der Waals surface area contributed by atoms with E-state index in [1.54, 1.807) is 13.8 Å². The van der Waals surface area contributed by atoms with E-state index >= 15 is 0 Å². The molecule has 0 aliphatic heterocycles. The predicted molar refractivity (Wildman–Crippen MR) is 65.1 cm³/mol. The van der Waals surface area contributed by atoms with Crippen LogP contribution < -0.4 is 0 Å². The molecule has 2 unspecified atom stereocenters. The normalized spacial score (nSPS) is 13.9. The van der Waals surface area contributed by atoms with Gasteiger partial charge in [-0.2, -0.15) is 0 Å². The van der Waals surface area contributed by atoms with Crippen LogP contribution >= 0.6 is 0 Å². The Labute approximate surface area is 99.6 Å². The van der Waals surface area contributed by atoms with Crippen molar-refractivity contribution >= 4 is 0 Å². The van der Waals surface area contributed by atoms with Gasteiger partial charge in [0.05, 0.1) is 0 Å². The summed E-state index contributed by atoms with van der Waals surface area (Å²) in [5.41, 5.74) is 0. The Bertz CT molecular complexity index is 102. The van der Waals surface area contributed by atoms with Crippen LogP contribution in [-0.4, -0.2) is 36.0 Å². The lowest BCUT2D eigenvalue weighted by molar-refractivity contribution is -0.0861. The van der Waals surface area contributed by atoms with Crippen LogP contribution in [0.2, 0.25) is 0 Å². The van der Waals surface area contributed by atoms with Crippen LogP contribution in [0, 0.1) is 0 Å². The lowest BCUT2D eigenvalue weighted by atomic mass is 10.4. The van der Waals surface area contributed by atoms with E-state index in [4.69, 9.17) is 19.7 Å². The minimum atomic E-state index is -0.596. The van der Waals surface area contributed by atoms with Crippen LogP contribution in [0.1, 0.15) is 53.4 Å². The molecule has 0 saturated carbocycles. The van der Waals surface area contributed by atoms with Gasteiger partial charge in [-0.15, -0.1) is 0 Å². The van der Waals surface area contributed by atoms with Crippen molar-refractivity contribution in [2.75, 3.05) is 13.2 Å². The lowest BCUT2D eigenvalue weighted by Gasteiger charge is -2.03. The summed E-state index contributed by atoms with van der Waals surface area (Å²) in [5, 5.41) is 17.1. The van der Waals surface area contributed by atoms with Crippen molar-refractivity contribution in [2.24, 2.45) is 0 Å². The van der Waals surface area contributed by atoms with Gasteiger partial charge in [-0.25, -0.2) is 0 Å². The predicted octanol–water partition coefficient (Wildman–Crippen LogP) is 2.28. The minimum absolute atomic E-state index is 0.596. The summed E-state index contributed by atoms with van der Waals surface area (Å²) in [5.74, 6) is 0. The minimum Gasteiger partial charge on any atom is -0.368 e. The molecule has 0 aliphatic carbocycles. The molecule has 0 spiro atoms. The van der Waals surface area contributed by atoms with Crippen molar-refractivity contribution in [2.45, 2.75) is 66.0 Å². The van der Waals surface area contributed by atoms with Crippen LogP contribution in [0.4, 0.5) is 0 Å². The Hall–Kier alpha value is -0.160. The highest BCUT2D eigenvalue weighted by Crippen LogP contribution is 1.90. The lowest BCUT2D eigenvalue weighted by Crippen LogP contribution is -2.06. The summed E-state index contributed by atoms with van der Waals surface area (Å²) in [6.45, 7) is 8.77. The zero-order valence-corrected chi connectivity index (χ0v) is 11.1. The highest BCUT2D eigenvalue weighted by Gasteiger charge is 1.91. The number of ether oxygens (including phenoxy) is 2. The maximum Gasteiger partial charge on any atom is 0.151 e. The van der Waals surface area contributed by atoms with E-state index in [0.717, 1.165) is 25.7 Å². The number of hydrogen-bond acceptors (Lipinski definition) is 4. The van der Waals surface area contributed by atoms with Gasteiger partial charge in [0.1, 0.15) is 0 Å². The average Bonchev–Trinajstić information content (AvgIpc) is 2.18. The van der Waals surface area contributed by atoms with Crippen molar-refractivity contribution in [3.05, 3.63) is 0 Å². The summed E-state index contributed by atoms with van der Waals surface area (Å²) < 4.78 is 9.68. The summed E-state index contributed by atoms with van der Waals surface area (Å²) in [6, 6.07) is 0. The first-order valence-corrected chi connectivity index (χ1v) is 6.13. The van der Waals surface area contributed by atoms with E-state index in [0.29, 0.717) is 13.2 Å². The molecule has 0 aromatic carbocycles. The van der Waals surface area contributed by atoms with E-state index in [2.05, 4.69) is 13.8 Å². The van der Waals surface area contributed by atoms with Crippen LogP contribution in [0.15, 0.2) is 0 Å². The van der Waals surface area contributed by atoms with E-state index in [1.807, 2.05) is 0 Å². The van der Waals surface area contributed by atoms with E-state index in [1.165, 1.54) is 0 Å². The quantitative estimate of drug-likeness (QED) is 0.501. The highest BCUT2D eigenvalue weighted by atomic mass is 16.6. The van der Waals surface area contributed by atoms with Gasteiger partial charge in [-0.3, -0.25) is 0 Å². The molecule has 0 aromatic rings. The van der Waals surface area contributed by atoms with Gasteiger partial charge >= 0.3 is 0 Å². The summed E-state index contributed by atoms with van der Waals surface area (Å²) in [7, 11) is 0. The van der Waals surface area contributed by atoms with E-state index in [9.17, 15) is 0 Å². The SMILES string of the molecule is CCCCOC(C)O.CCCCOC(C)O. The fraction of sp³-hybridized carbons (Fsp3) is 1.00. The Balaban J connectivity index is 0. The van der Waals surface area contributed by atoms with Gasteiger partial charge in [0, 0.05) is 13.2 Å². The van der Waals surface area contributed by atoms with Crippen molar-refractivity contribution in [1.29, 1.82) is 0 Å². The smallest absolute Gasteiger partial charge is 0.151 e. The summed E-state index contributed by atoms with van der Waals surface area (Å²) in [4.78, 5) is 0. The van der Waals surface area contributed by atoms with Gasteiger partial charge in [-0.05, 0) is 26.7 Å². The third-order valence-corrected chi connectivity index (χ3v) is 1.71. The molecule has 16 heavy (non-hydrogen) atoms. The summed E-state index contributed by atoms with van der Waals surface area (Å²) >= 11 is 0. The van der Waals surface area contributed by atoms with Gasteiger partial charge in [-0.1, -0.05) is 26.7 Å². The monoisotopic (exact) mass is 236 g/mol. The van der Waals surface area contributed by atoms with Crippen LogP contribution in [-0.2, 0) is 9.47 Å². The van der Waals surface area contributed by atoms with Crippen molar-refractivity contribution < 1.29 is 19.7 Å². The van der Waals surface area contributed by atoms with Crippen LogP contribution in [0.25, 0.3) is 0 Å². The van der Waals surface area contributed by atoms with E-state index < -0.39 is 12.6 Å². The second kappa shape index (κ2) is 14.8. The molecular weight excluding hydrogens is 208 g/mol. The zero-order chi connectivity index (χ0) is 12.8. The number of aliphatic hydroxyl groups excluding tert-OH is 2. The van der Waals surface area contributed by atoms with Crippen LogP contribution in [0.5, 0.6) is 0 Å². The molecule has 2 N–H and O–H groups in total. The van der Waals surface area contributed by atoms with Gasteiger partial charge in [0.25, 0.3) is 0 Å². The Morgan fingerprint density at radius 3 is 1.31 bits per heavy atom. The molecule has 0 bridgehead atoms. The number of rotatable bonds is 8. The Kier molecular flexibility index (Phi) is 16.9. The number of aliphatic hydroxyl groups is 2.